The first kappa shape index (κ1) is 13.8. The van der Waals surface area contributed by atoms with Gasteiger partial charge in [-0.15, -0.1) is 0 Å². The lowest BCUT2D eigenvalue weighted by Gasteiger charge is -2.16. The van der Waals surface area contributed by atoms with Gasteiger partial charge in [0.1, 0.15) is 0 Å². The van der Waals surface area contributed by atoms with Gasteiger partial charge in [0.15, 0.2) is 11.6 Å². The Hall–Kier alpha value is -1.29. The average molecular weight is 238 g/mol. The van der Waals surface area contributed by atoms with Gasteiger partial charge in [-0.2, -0.15) is 0 Å². The Balaban J connectivity index is 2.57. The van der Waals surface area contributed by atoms with Crippen molar-refractivity contribution >= 4 is 5.82 Å². The SMILES string of the molecule is COCC(C)CNc1ncccc1OC(C)C. The molecule has 0 amide bonds. The second kappa shape index (κ2) is 7.12. The summed E-state index contributed by atoms with van der Waals surface area (Å²) in [5.41, 5.74) is 0. The number of anilines is 1. The quantitative estimate of drug-likeness (QED) is 0.793. The van der Waals surface area contributed by atoms with Crippen molar-refractivity contribution in [1.29, 1.82) is 0 Å². The van der Waals surface area contributed by atoms with Crippen LogP contribution in [0.25, 0.3) is 0 Å². The highest BCUT2D eigenvalue weighted by Gasteiger charge is 2.07. The zero-order chi connectivity index (χ0) is 12.7. The van der Waals surface area contributed by atoms with Gasteiger partial charge in [0.05, 0.1) is 12.7 Å². The average Bonchev–Trinajstić information content (AvgIpc) is 2.27. The molecule has 1 aromatic rings. The highest BCUT2D eigenvalue weighted by atomic mass is 16.5. The second-order valence-electron chi connectivity index (χ2n) is 4.46. The third kappa shape index (κ3) is 5.04. The van der Waals surface area contributed by atoms with Crippen molar-refractivity contribution in [2.75, 3.05) is 25.6 Å². The van der Waals surface area contributed by atoms with E-state index < -0.39 is 0 Å². The predicted octanol–water partition coefficient (Wildman–Crippen LogP) is 2.56. The van der Waals surface area contributed by atoms with E-state index in [0.29, 0.717) is 5.92 Å². The normalized spacial score (nSPS) is 12.5. The predicted molar refractivity (Wildman–Crippen MR) is 69.5 cm³/mol. The highest BCUT2D eigenvalue weighted by Crippen LogP contribution is 2.22. The van der Waals surface area contributed by atoms with E-state index in [1.54, 1.807) is 13.3 Å². The number of aromatic nitrogens is 1. The minimum atomic E-state index is 0.149. The molecule has 0 saturated carbocycles. The molecule has 1 N–H and O–H groups in total. The Labute approximate surface area is 103 Å². The van der Waals surface area contributed by atoms with Crippen molar-refractivity contribution in [3.63, 3.8) is 0 Å². The van der Waals surface area contributed by atoms with Gasteiger partial charge in [0.2, 0.25) is 0 Å². The van der Waals surface area contributed by atoms with E-state index >= 15 is 0 Å². The Morgan fingerprint density at radius 2 is 2.12 bits per heavy atom. The number of hydrogen-bond acceptors (Lipinski definition) is 4. The maximum Gasteiger partial charge on any atom is 0.168 e. The Kier molecular flexibility index (Phi) is 5.77. The molecule has 4 heteroatoms. The Morgan fingerprint density at radius 3 is 2.76 bits per heavy atom. The lowest BCUT2D eigenvalue weighted by molar-refractivity contribution is 0.164. The molecular weight excluding hydrogens is 216 g/mol. The molecule has 1 rings (SSSR count). The molecule has 0 aliphatic heterocycles. The number of pyridine rings is 1. The molecule has 96 valence electrons. The van der Waals surface area contributed by atoms with Crippen LogP contribution in [-0.4, -0.2) is 31.3 Å². The van der Waals surface area contributed by atoms with Crippen molar-refractivity contribution < 1.29 is 9.47 Å². The molecule has 1 unspecified atom stereocenters. The summed E-state index contributed by atoms with van der Waals surface area (Å²) in [4.78, 5) is 4.29. The van der Waals surface area contributed by atoms with Crippen LogP contribution in [0, 0.1) is 5.92 Å². The lowest BCUT2D eigenvalue weighted by atomic mass is 10.2. The molecule has 0 saturated heterocycles. The molecule has 17 heavy (non-hydrogen) atoms. The van der Waals surface area contributed by atoms with Gasteiger partial charge in [-0.3, -0.25) is 0 Å². The van der Waals surface area contributed by atoms with Gasteiger partial charge in [-0.1, -0.05) is 6.92 Å². The van der Waals surface area contributed by atoms with Crippen molar-refractivity contribution in [2.45, 2.75) is 26.9 Å². The zero-order valence-electron chi connectivity index (χ0n) is 11.1. The third-order valence-electron chi connectivity index (χ3n) is 2.20. The minimum absolute atomic E-state index is 0.149. The van der Waals surface area contributed by atoms with Crippen LogP contribution in [0.2, 0.25) is 0 Å². The summed E-state index contributed by atoms with van der Waals surface area (Å²) in [6.45, 7) is 7.69. The number of ether oxygens (including phenoxy) is 2. The van der Waals surface area contributed by atoms with E-state index in [2.05, 4.69) is 17.2 Å². The fourth-order valence-corrected chi connectivity index (χ4v) is 1.49. The van der Waals surface area contributed by atoms with E-state index in [-0.39, 0.29) is 6.10 Å². The van der Waals surface area contributed by atoms with E-state index in [4.69, 9.17) is 9.47 Å². The largest absolute Gasteiger partial charge is 0.487 e. The Morgan fingerprint density at radius 1 is 1.35 bits per heavy atom. The lowest BCUT2D eigenvalue weighted by Crippen LogP contribution is -2.17. The van der Waals surface area contributed by atoms with E-state index in [1.165, 1.54) is 0 Å². The topological polar surface area (TPSA) is 43.4 Å². The van der Waals surface area contributed by atoms with Crippen LogP contribution in [0.1, 0.15) is 20.8 Å². The van der Waals surface area contributed by atoms with Gasteiger partial charge < -0.3 is 14.8 Å². The number of hydrogen-bond donors (Lipinski definition) is 1. The van der Waals surface area contributed by atoms with Crippen LogP contribution in [0.4, 0.5) is 5.82 Å². The summed E-state index contributed by atoms with van der Waals surface area (Å²) in [5.74, 6) is 2.03. The molecule has 0 radical (unpaired) electrons. The highest BCUT2D eigenvalue weighted by molar-refractivity contribution is 5.49. The third-order valence-corrected chi connectivity index (χ3v) is 2.20. The van der Waals surface area contributed by atoms with Gasteiger partial charge in [0.25, 0.3) is 0 Å². The summed E-state index contributed by atoms with van der Waals surface area (Å²) < 4.78 is 10.8. The molecule has 0 aliphatic carbocycles. The summed E-state index contributed by atoms with van der Waals surface area (Å²) in [5, 5.41) is 3.29. The van der Waals surface area contributed by atoms with Crippen LogP contribution < -0.4 is 10.1 Å². The fraction of sp³-hybridized carbons (Fsp3) is 0.615. The van der Waals surface area contributed by atoms with Gasteiger partial charge in [-0.05, 0) is 31.9 Å². The van der Waals surface area contributed by atoms with Crippen LogP contribution in [0.5, 0.6) is 5.75 Å². The minimum Gasteiger partial charge on any atom is -0.487 e. The van der Waals surface area contributed by atoms with Crippen molar-refractivity contribution in [2.24, 2.45) is 5.92 Å². The van der Waals surface area contributed by atoms with Gasteiger partial charge >= 0.3 is 0 Å². The molecule has 0 aromatic carbocycles. The first-order valence-electron chi connectivity index (χ1n) is 5.98. The maximum atomic E-state index is 5.68. The Bertz CT molecular complexity index is 329. The first-order valence-corrected chi connectivity index (χ1v) is 5.98. The summed E-state index contributed by atoms with van der Waals surface area (Å²) >= 11 is 0. The van der Waals surface area contributed by atoms with Crippen LogP contribution in [0.15, 0.2) is 18.3 Å². The maximum absolute atomic E-state index is 5.68. The number of rotatable bonds is 7. The molecule has 0 aliphatic rings. The van der Waals surface area contributed by atoms with Gasteiger partial charge in [-0.25, -0.2) is 4.98 Å². The number of nitrogens with one attached hydrogen (secondary N) is 1. The molecule has 4 nitrogen and oxygen atoms in total. The fourth-order valence-electron chi connectivity index (χ4n) is 1.49. The number of nitrogens with zero attached hydrogens (tertiary/aromatic N) is 1. The standard InChI is InChI=1S/C13H22N2O2/c1-10(2)17-12-6-5-7-14-13(12)15-8-11(3)9-16-4/h5-7,10-11H,8-9H2,1-4H3,(H,14,15). The molecular formula is C13H22N2O2. The molecule has 0 spiro atoms. The first-order chi connectivity index (χ1) is 8.13. The zero-order valence-corrected chi connectivity index (χ0v) is 11.1. The van der Waals surface area contributed by atoms with E-state index in [0.717, 1.165) is 24.7 Å². The van der Waals surface area contributed by atoms with E-state index in [1.807, 2.05) is 26.0 Å². The van der Waals surface area contributed by atoms with E-state index in [9.17, 15) is 0 Å². The van der Waals surface area contributed by atoms with Crippen molar-refractivity contribution in [1.82, 2.24) is 4.98 Å². The monoisotopic (exact) mass is 238 g/mol. The molecule has 1 aromatic heterocycles. The van der Waals surface area contributed by atoms with Gasteiger partial charge in [0, 0.05) is 19.9 Å². The summed E-state index contributed by atoms with van der Waals surface area (Å²) in [6.07, 6.45) is 1.91. The summed E-state index contributed by atoms with van der Waals surface area (Å²) in [7, 11) is 1.71. The molecule has 0 fully saturated rings. The smallest absolute Gasteiger partial charge is 0.168 e. The van der Waals surface area contributed by atoms with Crippen molar-refractivity contribution in [3.8, 4) is 5.75 Å². The second-order valence-corrected chi connectivity index (χ2v) is 4.46. The summed E-state index contributed by atoms with van der Waals surface area (Å²) in [6, 6.07) is 3.80. The number of methoxy groups -OCH3 is 1. The van der Waals surface area contributed by atoms with Crippen molar-refractivity contribution in [3.05, 3.63) is 18.3 Å². The molecule has 0 bridgehead atoms. The van der Waals surface area contributed by atoms with Crippen LogP contribution in [0.3, 0.4) is 0 Å². The molecule has 1 atom stereocenters. The van der Waals surface area contributed by atoms with Crippen LogP contribution >= 0.6 is 0 Å². The van der Waals surface area contributed by atoms with Crippen LogP contribution in [-0.2, 0) is 4.74 Å². The molecule has 1 heterocycles.